The second-order valence-electron chi connectivity index (χ2n) is 3.78. The van der Waals surface area contributed by atoms with Gasteiger partial charge in [0.05, 0.1) is 10.0 Å². The number of alkyl halides is 3. The third-order valence-corrected chi connectivity index (χ3v) is 3.54. The molecule has 106 valence electrons. The van der Waals surface area contributed by atoms with Crippen molar-refractivity contribution in [1.82, 2.24) is 4.98 Å². The summed E-state index contributed by atoms with van der Waals surface area (Å²) in [5.41, 5.74) is -1.51. The van der Waals surface area contributed by atoms with Crippen LogP contribution in [0.4, 0.5) is 17.6 Å². The Balaban J connectivity index is 2.71. The molecule has 2 aromatic rings. The van der Waals surface area contributed by atoms with Crippen LogP contribution in [0.2, 0.25) is 15.1 Å². The average molecular weight is 345 g/mol. The molecule has 0 aliphatic carbocycles. The Labute approximate surface area is 126 Å². The highest BCUT2D eigenvalue weighted by atomic mass is 35.5. The molecule has 0 aliphatic rings. The number of rotatable bonds is 1. The molecule has 1 aromatic heterocycles. The Kier molecular flexibility index (Phi) is 4.14. The Morgan fingerprint density at radius 3 is 2.15 bits per heavy atom. The highest BCUT2D eigenvalue weighted by Gasteiger charge is 2.33. The van der Waals surface area contributed by atoms with Crippen LogP contribution in [0.5, 0.6) is 0 Å². The van der Waals surface area contributed by atoms with E-state index in [2.05, 4.69) is 4.98 Å². The van der Waals surface area contributed by atoms with Crippen molar-refractivity contribution in [3.63, 3.8) is 0 Å². The molecule has 0 bridgehead atoms. The van der Waals surface area contributed by atoms with Crippen molar-refractivity contribution >= 4 is 34.8 Å². The first-order valence-electron chi connectivity index (χ1n) is 5.09. The molecule has 0 radical (unpaired) electrons. The van der Waals surface area contributed by atoms with Crippen molar-refractivity contribution in [3.8, 4) is 11.1 Å². The van der Waals surface area contributed by atoms with Crippen LogP contribution in [0.25, 0.3) is 11.1 Å². The lowest BCUT2D eigenvalue weighted by molar-refractivity contribution is -0.141. The van der Waals surface area contributed by atoms with E-state index < -0.39 is 17.8 Å². The van der Waals surface area contributed by atoms with Gasteiger partial charge in [0, 0.05) is 16.7 Å². The van der Waals surface area contributed by atoms with Crippen LogP contribution < -0.4 is 0 Å². The largest absolute Gasteiger partial charge is 0.433 e. The maximum atomic E-state index is 13.3. The molecular weight excluding hydrogens is 340 g/mol. The standard InChI is InChI=1S/C12H4Cl3F4N/c13-6-1-2-7(14)11(15)10(6)5-3-8(12(17,18)19)20-9(16)4-5/h1-4H. The van der Waals surface area contributed by atoms with Gasteiger partial charge in [0.2, 0.25) is 5.95 Å². The van der Waals surface area contributed by atoms with Gasteiger partial charge in [0.25, 0.3) is 0 Å². The first-order valence-corrected chi connectivity index (χ1v) is 6.22. The lowest BCUT2D eigenvalue weighted by Crippen LogP contribution is -2.09. The molecule has 0 aliphatic heterocycles. The molecule has 1 aromatic carbocycles. The van der Waals surface area contributed by atoms with E-state index in [1.54, 1.807) is 0 Å². The molecule has 0 fully saturated rings. The second kappa shape index (κ2) is 5.39. The molecule has 1 heterocycles. The van der Waals surface area contributed by atoms with Gasteiger partial charge in [-0.25, -0.2) is 4.98 Å². The SMILES string of the molecule is Fc1cc(-c2c(Cl)ccc(Cl)c2Cl)cc(C(F)(F)F)n1. The van der Waals surface area contributed by atoms with Crippen LogP contribution in [0.1, 0.15) is 5.69 Å². The van der Waals surface area contributed by atoms with Crippen molar-refractivity contribution in [2.24, 2.45) is 0 Å². The Bertz CT molecular complexity index is 670. The predicted molar refractivity (Wildman–Crippen MR) is 69.7 cm³/mol. The lowest BCUT2D eigenvalue weighted by atomic mass is 10.1. The average Bonchev–Trinajstić information content (AvgIpc) is 2.33. The van der Waals surface area contributed by atoms with E-state index in [1.807, 2.05) is 0 Å². The van der Waals surface area contributed by atoms with Crippen LogP contribution in [0, 0.1) is 5.95 Å². The summed E-state index contributed by atoms with van der Waals surface area (Å²) in [6.07, 6.45) is -4.78. The van der Waals surface area contributed by atoms with Crippen molar-refractivity contribution in [2.75, 3.05) is 0 Å². The molecule has 0 atom stereocenters. The van der Waals surface area contributed by atoms with E-state index in [1.165, 1.54) is 12.1 Å². The summed E-state index contributed by atoms with van der Waals surface area (Å²) in [5.74, 6) is -1.29. The topological polar surface area (TPSA) is 12.9 Å². The van der Waals surface area contributed by atoms with Crippen molar-refractivity contribution in [3.05, 3.63) is 51.0 Å². The monoisotopic (exact) mass is 343 g/mol. The second-order valence-corrected chi connectivity index (χ2v) is 4.97. The predicted octanol–water partition coefficient (Wildman–Crippen LogP) is 5.87. The number of nitrogens with zero attached hydrogens (tertiary/aromatic N) is 1. The van der Waals surface area contributed by atoms with Crippen LogP contribution in [0.3, 0.4) is 0 Å². The van der Waals surface area contributed by atoms with Gasteiger partial charge in [-0.1, -0.05) is 34.8 Å². The number of hydrogen-bond donors (Lipinski definition) is 0. The number of hydrogen-bond acceptors (Lipinski definition) is 1. The number of pyridine rings is 1. The first-order chi connectivity index (χ1) is 9.20. The first kappa shape index (κ1) is 15.4. The van der Waals surface area contributed by atoms with Crippen LogP contribution in [0.15, 0.2) is 24.3 Å². The number of aromatic nitrogens is 1. The van der Waals surface area contributed by atoms with Gasteiger partial charge in [-0.05, 0) is 23.8 Å². The van der Waals surface area contributed by atoms with E-state index >= 15 is 0 Å². The Hall–Kier alpha value is -1.04. The van der Waals surface area contributed by atoms with E-state index in [9.17, 15) is 17.6 Å². The van der Waals surface area contributed by atoms with Gasteiger partial charge in [-0.2, -0.15) is 17.6 Å². The third-order valence-electron chi connectivity index (χ3n) is 2.42. The molecule has 8 heteroatoms. The van der Waals surface area contributed by atoms with Crippen LogP contribution in [-0.4, -0.2) is 4.98 Å². The summed E-state index contributed by atoms with van der Waals surface area (Å²) in [6, 6.07) is 4.21. The zero-order valence-corrected chi connectivity index (χ0v) is 11.7. The summed E-state index contributed by atoms with van der Waals surface area (Å²) in [7, 11) is 0. The fraction of sp³-hybridized carbons (Fsp3) is 0.0833. The summed E-state index contributed by atoms with van der Waals surface area (Å²) >= 11 is 17.6. The van der Waals surface area contributed by atoms with Crippen molar-refractivity contribution < 1.29 is 17.6 Å². The number of halogens is 7. The highest BCUT2D eigenvalue weighted by Crippen LogP contribution is 2.40. The van der Waals surface area contributed by atoms with E-state index in [0.29, 0.717) is 6.07 Å². The minimum Gasteiger partial charge on any atom is -0.215 e. The van der Waals surface area contributed by atoms with E-state index in [0.717, 1.165) is 6.07 Å². The highest BCUT2D eigenvalue weighted by molar-refractivity contribution is 6.46. The molecule has 0 unspecified atom stereocenters. The summed E-state index contributed by atoms with van der Waals surface area (Å²) in [5, 5.41) is 0.0906. The zero-order valence-electron chi connectivity index (χ0n) is 9.40. The van der Waals surface area contributed by atoms with Crippen LogP contribution >= 0.6 is 34.8 Å². The quantitative estimate of drug-likeness (QED) is 0.358. The molecule has 0 spiro atoms. The fourth-order valence-corrected chi connectivity index (χ4v) is 2.32. The smallest absolute Gasteiger partial charge is 0.215 e. The molecule has 1 nitrogen and oxygen atoms in total. The third kappa shape index (κ3) is 3.00. The van der Waals surface area contributed by atoms with Crippen LogP contribution in [-0.2, 0) is 6.18 Å². The number of benzene rings is 1. The molecular formula is C12H4Cl3F4N. The van der Waals surface area contributed by atoms with E-state index in [4.69, 9.17) is 34.8 Å². The van der Waals surface area contributed by atoms with Gasteiger partial charge < -0.3 is 0 Å². The fourth-order valence-electron chi connectivity index (χ4n) is 1.58. The van der Waals surface area contributed by atoms with Gasteiger partial charge in [0.1, 0.15) is 5.69 Å². The summed E-state index contributed by atoms with van der Waals surface area (Å²) in [6.45, 7) is 0. The minimum absolute atomic E-state index is 0.0210. The van der Waals surface area contributed by atoms with Gasteiger partial charge >= 0.3 is 6.18 Å². The normalized spacial score (nSPS) is 11.8. The lowest BCUT2D eigenvalue weighted by Gasteiger charge is -2.11. The Morgan fingerprint density at radius 1 is 0.950 bits per heavy atom. The van der Waals surface area contributed by atoms with Gasteiger partial charge in [0.15, 0.2) is 0 Å². The molecule has 20 heavy (non-hydrogen) atoms. The van der Waals surface area contributed by atoms with Gasteiger partial charge in [-0.15, -0.1) is 0 Å². The molecule has 0 amide bonds. The molecule has 0 saturated heterocycles. The summed E-state index contributed by atoms with van der Waals surface area (Å²) in [4.78, 5) is 2.80. The zero-order chi connectivity index (χ0) is 15.1. The maximum absolute atomic E-state index is 13.3. The molecule has 0 N–H and O–H groups in total. The van der Waals surface area contributed by atoms with Gasteiger partial charge in [-0.3, -0.25) is 0 Å². The van der Waals surface area contributed by atoms with Crippen molar-refractivity contribution in [1.29, 1.82) is 0 Å². The summed E-state index contributed by atoms with van der Waals surface area (Å²) < 4.78 is 51.1. The maximum Gasteiger partial charge on any atom is 0.433 e. The molecule has 2 rings (SSSR count). The Morgan fingerprint density at radius 2 is 1.55 bits per heavy atom. The van der Waals surface area contributed by atoms with Crippen molar-refractivity contribution in [2.45, 2.75) is 6.18 Å². The van der Waals surface area contributed by atoms with E-state index in [-0.39, 0.29) is 26.2 Å². The molecule has 0 saturated carbocycles. The minimum atomic E-state index is -4.78.